The number of halogens is 1. The van der Waals surface area contributed by atoms with Crippen molar-refractivity contribution in [3.05, 3.63) is 35.9 Å². The second kappa shape index (κ2) is 4.57. The minimum Gasteiger partial charge on any atom is -0.480 e. The highest BCUT2D eigenvalue weighted by Crippen LogP contribution is 2.25. The van der Waals surface area contributed by atoms with Crippen molar-refractivity contribution in [3.63, 3.8) is 0 Å². The van der Waals surface area contributed by atoms with Gasteiger partial charge in [0.15, 0.2) is 0 Å². The molecule has 0 aliphatic heterocycles. The van der Waals surface area contributed by atoms with Crippen molar-refractivity contribution in [3.8, 4) is 0 Å². The zero-order chi connectivity index (χ0) is 9.84. The zero-order valence-electron chi connectivity index (χ0n) is 6.85. The fraction of sp³-hybridized carbons (Fsp3) is 0.222. The van der Waals surface area contributed by atoms with Crippen molar-refractivity contribution in [1.29, 1.82) is 0 Å². The summed E-state index contributed by atoms with van der Waals surface area (Å²) in [5.41, 5.74) is 6.43. The van der Waals surface area contributed by atoms with Gasteiger partial charge in [0.25, 0.3) is 0 Å². The second-order valence-electron chi connectivity index (χ2n) is 2.68. The van der Waals surface area contributed by atoms with Crippen molar-refractivity contribution < 1.29 is 9.90 Å². The van der Waals surface area contributed by atoms with Crippen LogP contribution >= 0.6 is 22.6 Å². The van der Waals surface area contributed by atoms with Crippen LogP contribution in [0.25, 0.3) is 0 Å². The third-order valence-corrected chi connectivity index (χ3v) is 3.21. The summed E-state index contributed by atoms with van der Waals surface area (Å²) >= 11 is 2.04. The number of carboxylic acid groups (broad SMARTS) is 1. The standard InChI is InChI=1S/C9H10INO2/c10-7(8(11)9(12)13)6-4-2-1-3-5-6/h1-5,7-8H,11H2,(H,12,13)/t7?,8-/m0/s1. The quantitative estimate of drug-likeness (QED) is 0.656. The fourth-order valence-electron chi connectivity index (χ4n) is 0.969. The average molecular weight is 291 g/mol. The van der Waals surface area contributed by atoms with Crippen LogP contribution in [0, 0.1) is 0 Å². The number of alkyl halides is 1. The molecule has 3 nitrogen and oxygen atoms in total. The predicted octanol–water partition coefficient (Wildman–Crippen LogP) is 1.57. The van der Waals surface area contributed by atoms with E-state index in [1.54, 1.807) is 0 Å². The van der Waals surface area contributed by atoms with E-state index in [1.807, 2.05) is 52.9 Å². The Kier molecular flexibility index (Phi) is 3.68. The van der Waals surface area contributed by atoms with Crippen molar-refractivity contribution in [2.75, 3.05) is 0 Å². The lowest BCUT2D eigenvalue weighted by molar-refractivity contribution is -0.138. The zero-order valence-corrected chi connectivity index (χ0v) is 9.01. The van der Waals surface area contributed by atoms with Gasteiger partial charge in [-0.25, -0.2) is 0 Å². The van der Waals surface area contributed by atoms with Crippen molar-refractivity contribution in [2.45, 2.75) is 9.97 Å². The maximum Gasteiger partial charge on any atom is 0.321 e. The molecule has 3 N–H and O–H groups in total. The van der Waals surface area contributed by atoms with Gasteiger partial charge in [0, 0.05) is 0 Å². The molecule has 13 heavy (non-hydrogen) atoms. The van der Waals surface area contributed by atoms with Gasteiger partial charge in [-0.15, -0.1) is 0 Å². The summed E-state index contributed by atoms with van der Waals surface area (Å²) in [7, 11) is 0. The van der Waals surface area contributed by atoms with Gasteiger partial charge in [0.05, 0.1) is 3.92 Å². The molecule has 0 aliphatic rings. The normalized spacial score (nSPS) is 14.9. The van der Waals surface area contributed by atoms with Crippen molar-refractivity contribution >= 4 is 28.6 Å². The van der Waals surface area contributed by atoms with Crippen LogP contribution in [-0.4, -0.2) is 17.1 Å². The molecule has 0 fully saturated rings. The molecule has 0 amide bonds. The molecule has 2 atom stereocenters. The molecule has 70 valence electrons. The molecule has 1 unspecified atom stereocenters. The first-order valence-corrected chi connectivity index (χ1v) is 5.05. The highest BCUT2D eigenvalue weighted by atomic mass is 127. The van der Waals surface area contributed by atoms with Crippen molar-refractivity contribution in [1.82, 2.24) is 0 Å². The molecule has 0 aromatic heterocycles. The van der Waals surface area contributed by atoms with Crippen LogP contribution < -0.4 is 5.73 Å². The van der Waals surface area contributed by atoms with Gasteiger partial charge in [-0.3, -0.25) is 4.79 Å². The minimum atomic E-state index is -0.969. The summed E-state index contributed by atoms with van der Waals surface area (Å²) in [6.07, 6.45) is 0. The number of carbonyl (C=O) groups is 1. The van der Waals surface area contributed by atoms with Gasteiger partial charge in [0.1, 0.15) is 6.04 Å². The third-order valence-electron chi connectivity index (χ3n) is 1.72. The lowest BCUT2D eigenvalue weighted by Gasteiger charge is -2.13. The smallest absolute Gasteiger partial charge is 0.321 e. The Morgan fingerprint density at radius 3 is 2.38 bits per heavy atom. The molecule has 1 aromatic rings. The molecule has 0 heterocycles. The van der Waals surface area contributed by atoms with E-state index in [0.29, 0.717) is 0 Å². The summed E-state index contributed by atoms with van der Waals surface area (Å²) in [4.78, 5) is 10.6. The van der Waals surface area contributed by atoms with Gasteiger partial charge >= 0.3 is 5.97 Å². The Hall–Kier alpha value is -0.620. The van der Waals surface area contributed by atoms with E-state index in [0.717, 1.165) is 5.56 Å². The van der Waals surface area contributed by atoms with Gasteiger partial charge in [0.2, 0.25) is 0 Å². The predicted molar refractivity (Wildman–Crippen MR) is 58.8 cm³/mol. The average Bonchev–Trinajstić information content (AvgIpc) is 2.17. The summed E-state index contributed by atoms with van der Waals surface area (Å²) in [6, 6.07) is 8.53. The molecule has 0 saturated carbocycles. The molecule has 0 bridgehead atoms. The Balaban J connectivity index is 2.79. The van der Waals surface area contributed by atoms with E-state index in [4.69, 9.17) is 10.8 Å². The summed E-state index contributed by atoms with van der Waals surface area (Å²) < 4.78 is -0.184. The molecule has 4 heteroatoms. The fourth-order valence-corrected chi connectivity index (χ4v) is 1.69. The monoisotopic (exact) mass is 291 g/mol. The maximum absolute atomic E-state index is 10.6. The number of rotatable bonds is 3. The number of carboxylic acids is 1. The SMILES string of the molecule is N[C@H](C(=O)O)C(I)c1ccccc1. The lowest BCUT2D eigenvalue weighted by Crippen LogP contribution is -2.33. The molecule has 0 saturated heterocycles. The molecular formula is C9H10INO2. The Morgan fingerprint density at radius 2 is 1.92 bits per heavy atom. The van der Waals surface area contributed by atoms with E-state index >= 15 is 0 Å². The molecule has 0 aliphatic carbocycles. The van der Waals surface area contributed by atoms with E-state index in [9.17, 15) is 4.79 Å². The Labute approximate surface area is 90.1 Å². The molecule has 1 rings (SSSR count). The van der Waals surface area contributed by atoms with Gasteiger partial charge in [-0.05, 0) is 5.56 Å². The van der Waals surface area contributed by atoms with Crippen LogP contribution in [0.2, 0.25) is 0 Å². The molecule has 0 radical (unpaired) electrons. The third kappa shape index (κ3) is 2.67. The summed E-state index contributed by atoms with van der Waals surface area (Å²) in [5, 5.41) is 8.68. The molecular weight excluding hydrogens is 281 g/mol. The van der Waals surface area contributed by atoms with E-state index < -0.39 is 12.0 Å². The first kappa shape index (κ1) is 10.5. The summed E-state index contributed by atoms with van der Waals surface area (Å²) in [5.74, 6) is -0.969. The van der Waals surface area contributed by atoms with Gasteiger partial charge in [-0.1, -0.05) is 52.9 Å². The van der Waals surface area contributed by atoms with Gasteiger partial charge < -0.3 is 10.8 Å². The lowest BCUT2D eigenvalue weighted by atomic mass is 10.1. The number of aliphatic carboxylic acids is 1. The number of hydrogen-bond donors (Lipinski definition) is 2. The first-order chi connectivity index (χ1) is 6.13. The number of nitrogens with two attached hydrogens (primary N) is 1. The molecule has 0 spiro atoms. The van der Waals surface area contributed by atoms with Crippen LogP contribution in [0.3, 0.4) is 0 Å². The van der Waals surface area contributed by atoms with Crippen molar-refractivity contribution in [2.24, 2.45) is 5.73 Å². The highest BCUT2D eigenvalue weighted by molar-refractivity contribution is 14.1. The van der Waals surface area contributed by atoms with Crippen LogP contribution in [0.5, 0.6) is 0 Å². The molecule has 1 aromatic carbocycles. The largest absolute Gasteiger partial charge is 0.480 e. The van der Waals surface area contributed by atoms with Gasteiger partial charge in [-0.2, -0.15) is 0 Å². The Bertz CT molecular complexity index is 289. The van der Waals surface area contributed by atoms with Crippen LogP contribution in [0.4, 0.5) is 0 Å². The number of benzene rings is 1. The van der Waals surface area contributed by atoms with E-state index in [-0.39, 0.29) is 3.92 Å². The van der Waals surface area contributed by atoms with Crippen LogP contribution in [0.1, 0.15) is 9.49 Å². The topological polar surface area (TPSA) is 63.3 Å². The minimum absolute atomic E-state index is 0.184. The van der Waals surface area contributed by atoms with Crippen LogP contribution in [0.15, 0.2) is 30.3 Å². The van der Waals surface area contributed by atoms with E-state index in [2.05, 4.69) is 0 Å². The van der Waals surface area contributed by atoms with E-state index in [1.165, 1.54) is 0 Å². The highest BCUT2D eigenvalue weighted by Gasteiger charge is 2.22. The first-order valence-electron chi connectivity index (χ1n) is 3.80. The maximum atomic E-state index is 10.6. The Morgan fingerprint density at radius 1 is 1.38 bits per heavy atom. The van der Waals surface area contributed by atoms with Crippen LogP contribution in [-0.2, 0) is 4.79 Å². The second-order valence-corrected chi connectivity index (χ2v) is 4.02. The number of hydrogen-bond acceptors (Lipinski definition) is 2. The summed E-state index contributed by atoms with van der Waals surface area (Å²) in [6.45, 7) is 0.